The molecule has 94 valence electrons. The second kappa shape index (κ2) is 4.28. The van der Waals surface area contributed by atoms with Crippen LogP contribution in [-0.2, 0) is 6.54 Å². The van der Waals surface area contributed by atoms with Gasteiger partial charge in [0.05, 0.1) is 23.4 Å². The van der Waals surface area contributed by atoms with E-state index in [0.717, 1.165) is 11.3 Å². The van der Waals surface area contributed by atoms with E-state index in [4.69, 9.17) is 0 Å². The van der Waals surface area contributed by atoms with Crippen LogP contribution in [0.5, 0.6) is 0 Å². The van der Waals surface area contributed by atoms with Gasteiger partial charge in [0.15, 0.2) is 0 Å². The third kappa shape index (κ3) is 1.79. The summed E-state index contributed by atoms with van der Waals surface area (Å²) in [6, 6.07) is 8.63. The molecule has 1 aliphatic heterocycles. The average Bonchev–Trinajstić information content (AvgIpc) is 2.67. The summed E-state index contributed by atoms with van der Waals surface area (Å²) in [5.41, 5.74) is 2.47. The molecule has 2 amide bonds. The minimum atomic E-state index is -0.253. The molecule has 0 radical (unpaired) electrons. The van der Waals surface area contributed by atoms with Gasteiger partial charge in [-0.2, -0.15) is 10.2 Å². The van der Waals surface area contributed by atoms with Crippen LogP contribution in [0.1, 0.15) is 32.0 Å². The molecule has 1 aromatic carbocycles. The lowest BCUT2D eigenvalue weighted by molar-refractivity contribution is 0.0642. The molecule has 0 fully saturated rings. The van der Waals surface area contributed by atoms with Gasteiger partial charge in [-0.15, -0.1) is 0 Å². The van der Waals surface area contributed by atoms with Crippen molar-refractivity contribution in [2.75, 3.05) is 0 Å². The summed E-state index contributed by atoms with van der Waals surface area (Å²) < 4.78 is 0. The van der Waals surface area contributed by atoms with E-state index in [1.54, 1.807) is 43.5 Å². The first-order valence-electron chi connectivity index (χ1n) is 5.91. The second-order valence-electron chi connectivity index (χ2n) is 4.38. The number of hydrogen-bond donors (Lipinski definition) is 0. The van der Waals surface area contributed by atoms with Crippen LogP contribution in [0.25, 0.3) is 0 Å². The van der Waals surface area contributed by atoms with Gasteiger partial charge < -0.3 is 0 Å². The topological polar surface area (TPSA) is 63.2 Å². The van der Waals surface area contributed by atoms with E-state index >= 15 is 0 Å². The van der Waals surface area contributed by atoms with Crippen molar-refractivity contribution in [1.82, 2.24) is 15.1 Å². The number of fused-ring (bicyclic) bond motifs is 1. The highest BCUT2D eigenvalue weighted by Gasteiger charge is 2.35. The highest BCUT2D eigenvalue weighted by atomic mass is 16.2. The summed E-state index contributed by atoms with van der Waals surface area (Å²) in [4.78, 5) is 25.6. The Balaban J connectivity index is 1.95. The highest BCUT2D eigenvalue weighted by Crippen LogP contribution is 2.24. The molecule has 0 N–H and O–H groups in total. The van der Waals surface area contributed by atoms with Gasteiger partial charge in [0, 0.05) is 6.20 Å². The van der Waals surface area contributed by atoms with Crippen LogP contribution in [0.2, 0.25) is 0 Å². The number of aromatic nitrogens is 2. The van der Waals surface area contributed by atoms with Gasteiger partial charge in [0.1, 0.15) is 0 Å². The number of rotatable bonds is 2. The van der Waals surface area contributed by atoms with E-state index in [-0.39, 0.29) is 18.4 Å². The fourth-order valence-electron chi connectivity index (χ4n) is 2.15. The van der Waals surface area contributed by atoms with Gasteiger partial charge in [0.25, 0.3) is 11.8 Å². The first-order chi connectivity index (χ1) is 9.18. The molecule has 5 nitrogen and oxygen atoms in total. The molecule has 0 spiro atoms. The Bertz CT molecular complexity index is 647. The molecule has 3 rings (SSSR count). The molecule has 1 aliphatic rings. The molecular formula is C14H11N3O2. The zero-order chi connectivity index (χ0) is 13.4. The number of imide groups is 1. The summed E-state index contributed by atoms with van der Waals surface area (Å²) in [7, 11) is 0. The molecule has 1 aromatic heterocycles. The van der Waals surface area contributed by atoms with E-state index < -0.39 is 0 Å². The van der Waals surface area contributed by atoms with Crippen molar-refractivity contribution < 1.29 is 9.59 Å². The summed E-state index contributed by atoms with van der Waals surface area (Å²) >= 11 is 0. The number of benzene rings is 1. The van der Waals surface area contributed by atoms with Crippen LogP contribution >= 0.6 is 0 Å². The standard InChI is InChI=1S/C14H11N3O2/c1-9-10(6-7-15-16-9)8-17-13(18)11-4-2-3-5-12(11)14(17)19/h2-7H,8H2,1H3. The largest absolute Gasteiger partial charge is 0.270 e. The van der Waals surface area contributed by atoms with Crippen molar-refractivity contribution in [3.8, 4) is 0 Å². The minimum absolute atomic E-state index is 0.230. The molecule has 0 bridgehead atoms. The lowest BCUT2D eigenvalue weighted by Gasteiger charge is -2.14. The predicted octanol–water partition coefficient (Wildman–Crippen LogP) is 1.58. The van der Waals surface area contributed by atoms with E-state index in [1.807, 2.05) is 0 Å². The minimum Gasteiger partial charge on any atom is -0.270 e. The van der Waals surface area contributed by atoms with Crippen LogP contribution in [0.3, 0.4) is 0 Å². The molecule has 0 atom stereocenters. The van der Waals surface area contributed by atoms with Crippen LogP contribution in [0.4, 0.5) is 0 Å². The van der Waals surface area contributed by atoms with Crippen molar-refractivity contribution in [3.05, 3.63) is 58.9 Å². The molecule has 19 heavy (non-hydrogen) atoms. The molecule has 5 heteroatoms. The van der Waals surface area contributed by atoms with Gasteiger partial charge >= 0.3 is 0 Å². The van der Waals surface area contributed by atoms with E-state index in [2.05, 4.69) is 10.2 Å². The number of carbonyl (C=O) groups excluding carboxylic acids is 2. The number of carbonyl (C=O) groups is 2. The Morgan fingerprint density at radius 2 is 1.68 bits per heavy atom. The lowest BCUT2D eigenvalue weighted by Crippen LogP contribution is -2.29. The van der Waals surface area contributed by atoms with Gasteiger partial charge in [0.2, 0.25) is 0 Å². The van der Waals surface area contributed by atoms with Crippen LogP contribution in [0.15, 0.2) is 36.5 Å². The first kappa shape index (κ1) is 11.5. The Morgan fingerprint density at radius 3 is 2.26 bits per heavy atom. The zero-order valence-corrected chi connectivity index (χ0v) is 10.3. The van der Waals surface area contributed by atoms with E-state index in [1.165, 1.54) is 4.90 Å². The smallest absolute Gasteiger partial charge is 0.261 e. The fourth-order valence-corrected chi connectivity index (χ4v) is 2.15. The summed E-state index contributed by atoms with van der Waals surface area (Å²) in [6.07, 6.45) is 1.56. The Morgan fingerprint density at radius 1 is 1.05 bits per heavy atom. The van der Waals surface area contributed by atoms with Crippen molar-refractivity contribution in [1.29, 1.82) is 0 Å². The molecule has 2 aromatic rings. The third-order valence-corrected chi connectivity index (χ3v) is 3.22. The van der Waals surface area contributed by atoms with Gasteiger partial charge in [-0.1, -0.05) is 12.1 Å². The molecule has 0 aliphatic carbocycles. The molecule has 0 saturated heterocycles. The monoisotopic (exact) mass is 253 g/mol. The summed E-state index contributed by atoms with van der Waals surface area (Å²) in [6.45, 7) is 2.04. The Hall–Kier alpha value is -2.56. The van der Waals surface area contributed by atoms with E-state index in [0.29, 0.717) is 11.1 Å². The first-order valence-corrected chi connectivity index (χ1v) is 5.91. The average molecular weight is 253 g/mol. The van der Waals surface area contributed by atoms with Crippen molar-refractivity contribution >= 4 is 11.8 Å². The third-order valence-electron chi connectivity index (χ3n) is 3.22. The summed E-state index contributed by atoms with van der Waals surface area (Å²) in [5.74, 6) is -0.506. The van der Waals surface area contributed by atoms with Crippen LogP contribution < -0.4 is 0 Å². The quantitative estimate of drug-likeness (QED) is 0.762. The molecular weight excluding hydrogens is 242 g/mol. The van der Waals surface area contributed by atoms with Crippen LogP contribution in [0, 0.1) is 6.92 Å². The van der Waals surface area contributed by atoms with Gasteiger partial charge in [-0.25, -0.2) is 0 Å². The van der Waals surface area contributed by atoms with Crippen molar-refractivity contribution in [3.63, 3.8) is 0 Å². The highest BCUT2D eigenvalue weighted by molar-refractivity contribution is 6.21. The van der Waals surface area contributed by atoms with Crippen molar-refractivity contribution in [2.45, 2.75) is 13.5 Å². The zero-order valence-electron chi connectivity index (χ0n) is 10.3. The fraction of sp³-hybridized carbons (Fsp3) is 0.143. The van der Waals surface area contributed by atoms with Gasteiger partial charge in [-0.3, -0.25) is 14.5 Å². The normalized spacial score (nSPS) is 13.8. The number of hydrogen-bond acceptors (Lipinski definition) is 4. The Kier molecular flexibility index (Phi) is 2.59. The van der Waals surface area contributed by atoms with Gasteiger partial charge in [-0.05, 0) is 30.7 Å². The second-order valence-corrected chi connectivity index (χ2v) is 4.38. The lowest BCUT2D eigenvalue weighted by atomic mass is 10.1. The molecule has 2 heterocycles. The maximum atomic E-state index is 12.2. The maximum absolute atomic E-state index is 12.2. The van der Waals surface area contributed by atoms with E-state index in [9.17, 15) is 9.59 Å². The molecule has 0 unspecified atom stereocenters. The molecule has 0 saturated carbocycles. The predicted molar refractivity (Wildman–Crippen MR) is 67.4 cm³/mol. The summed E-state index contributed by atoms with van der Waals surface area (Å²) in [5, 5.41) is 7.68. The Labute approximate surface area is 109 Å². The maximum Gasteiger partial charge on any atom is 0.261 e. The number of nitrogens with zero attached hydrogens (tertiary/aromatic N) is 3. The van der Waals surface area contributed by atoms with Crippen LogP contribution in [-0.4, -0.2) is 26.9 Å². The number of amides is 2. The SMILES string of the molecule is Cc1nnccc1CN1C(=O)c2ccccc2C1=O. The number of aryl methyl sites for hydroxylation is 1. The van der Waals surface area contributed by atoms with Crippen molar-refractivity contribution in [2.24, 2.45) is 0 Å².